The van der Waals surface area contributed by atoms with E-state index < -0.39 is 10.1 Å². The smallest absolute Gasteiger partial charge is 0.339 e. The molecule has 1 saturated carbocycles. The molecule has 3 rings (SSSR count). The molecule has 4 heteroatoms. The minimum Gasteiger partial charge on any atom is -0.379 e. The van der Waals surface area contributed by atoms with E-state index in [1.807, 2.05) is 18.2 Å². The molecule has 3 nitrogen and oxygen atoms in total. The van der Waals surface area contributed by atoms with E-state index in [0.29, 0.717) is 11.7 Å². The molecule has 0 saturated heterocycles. The topological polar surface area (TPSA) is 43.4 Å². The molecule has 0 atom stereocenters. The largest absolute Gasteiger partial charge is 0.379 e. The summed E-state index contributed by atoms with van der Waals surface area (Å²) in [4.78, 5) is 0.188. The van der Waals surface area contributed by atoms with Crippen LogP contribution in [0, 0.1) is 0 Å². The molecule has 0 N–H and O–H groups in total. The third-order valence-electron chi connectivity index (χ3n) is 4.20. The van der Waals surface area contributed by atoms with Crippen LogP contribution < -0.4 is 4.18 Å². The normalized spacial score (nSPS) is 16.4. The first-order valence-electron chi connectivity index (χ1n) is 7.75. The minimum atomic E-state index is -3.77. The molecular formula is C18H20O3S. The zero-order valence-corrected chi connectivity index (χ0v) is 13.3. The first-order valence-corrected chi connectivity index (χ1v) is 9.16. The Hall–Kier alpha value is -1.81. The lowest BCUT2D eigenvalue weighted by Crippen LogP contribution is -2.13. The predicted molar refractivity (Wildman–Crippen MR) is 86.5 cm³/mol. The second-order valence-corrected chi connectivity index (χ2v) is 7.27. The second kappa shape index (κ2) is 6.53. The fourth-order valence-electron chi connectivity index (χ4n) is 3.06. The lowest BCUT2D eigenvalue weighted by molar-refractivity contribution is 0.428. The van der Waals surface area contributed by atoms with Gasteiger partial charge in [-0.05, 0) is 42.5 Å². The first kappa shape index (κ1) is 15.1. The molecular weight excluding hydrogens is 296 g/mol. The third kappa shape index (κ3) is 3.33. The first-order chi connectivity index (χ1) is 10.7. The van der Waals surface area contributed by atoms with Crippen LogP contribution in [0.25, 0.3) is 0 Å². The maximum absolute atomic E-state index is 12.4. The van der Waals surface area contributed by atoms with E-state index in [4.69, 9.17) is 4.18 Å². The Kier molecular flexibility index (Phi) is 4.48. The Morgan fingerprint density at radius 2 is 1.45 bits per heavy atom. The zero-order valence-electron chi connectivity index (χ0n) is 12.4. The van der Waals surface area contributed by atoms with Gasteiger partial charge >= 0.3 is 10.1 Å². The van der Waals surface area contributed by atoms with Crippen molar-refractivity contribution in [1.82, 2.24) is 0 Å². The molecule has 22 heavy (non-hydrogen) atoms. The summed E-state index contributed by atoms with van der Waals surface area (Å²) in [5.74, 6) is 0.870. The van der Waals surface area contributed by atoms with Crippen molar-refractivity contribution >= 4 is 10.1 Å². The van der Waals surface area contributed by atoms with Gasteiger partial charge in [-0.15, -0.1) is 0 Å². The van der Waals surface area contributed by atoms with Gasteiger partial charge in [0.1, 0.15) is 10.6 Å². The fraction of sp³-hybridized carbons (Fsp3) is 0.333. The Morgan fingerprint density at radius 3 is 2.18 bits per heavy atom. The van der Waals surface area contributed by atoms with Crippen LogP contribution in [0.5, 0.6) is 5.75 Å². The average Bonchev–Trinajstić information content (AvgIpc) is 2.57. The van der Waals surface area contributed by atoms with Crippen LogP contribution in [0.4, 0.5) is 0 Å². The summed E-state index contributed by atoms with van der Waals surface area (Å²) in [6.07, 6.45) is 5.87. The molecule has 2 aromatic carbocycles. The Labute approximate surface area is 132 Å². The lowest BCUT2D eigenvalue weighted by atomic mass is 9.84. The highest BCUT2D eigenvalue weighted by Crippen LogP contribution is 2.38. The van der Waals surface area contributed by atoms with E-state index in [0.717, 1.165) is 18.4 Å². The van der Waals surface area contributed by atoms with Crippen LogP contribution in [0.15, 0.2) is 59.5 Å². The predicted octanol–water partition coefficient (Wildman–Crippen LogP) is 4.50. The van der Waals surface area contributed by atoms with Crippen molar-refractivity contribution in [3.05, 3.63) is 60.2 Å². The monoisotopic (exact) mass is 316 g/mol. The van der Waals surface area contributed by atoms with Crippen molar-refractivity contribution in [1.29, 1.82) is 0 Å². The molecule has 0 heterocycles. The molecule has 0 aromatic heterocycles. The number of benzene rings is 2. The van der Waals surface area contributed by atoms with Gasteiger partial charge in [0.15, 0.2) is 0 Å². The number of hydrogen-bond donors (Lipinski definition) is 0. The quantitative estimate of drug-likeness (QED) is 0.780. The number of para-hydroxylation sites is 1. The van der Waals surface area contributed by atoms with Crippen molar-refractivity contribution in [2.45, 2.75) is 42.9 Å². The number of hydrogen-bond acceptors (Lipinski definition) is 3. The molecule has 0 radical (unpaired) electrons. The van der Waals surface area contributed by atoms with Crippen molar-refractivity contribution in [2.24, 2.45) is 0 Å². The minimum absolute atomic E-state index is 0.188. The van der Waals surface area contributed by atoms with Gasteiger partial charge in [0.05, 0.1) is 0 Å². The van der Waals surface area contributed by atoms with E-state index in [1.165, 1.54) is 19.3 Å². The Bertz CT molecular complexity index is 717. The van der Waals surface area contributed by atoms with Gasteiger partial charge in [-0.25, -0.2) is 0 Å². The standard InChI is InChI=1S/C18H20O3S/c19-22(20,16-11-5-2-6-12-16)21-18-14-8-7-13-17(18)15-9-3-1-4-10-15/h2,5-8,11-15H,1,3-4,9-10H2. The maximum atomic E-state index is 12.4. The third-order valence-corrected chi connectivity index (χ3v) is 5.44. The maximum Gasteiger partial charge on any atom is 0.339 e. The van der Waals surface area contributed by atoms with E-state index in [-0.39, 0.29) is 4.90 Å². The summed E-state index contributed by atoms with van der Waals surface area (Å²) in [5.41, 5.74) is 1.02. The van der Waals surface area contributed by atoms with Crippen molar-refractivity contribution in [3.63, 3.8) is 0 Å². The van der Waals surface area contributed by atoms with Gasteiger partial charge in [0, 0.05) is 0 Å². The lowest BCUT2D eigenvalue weighted by Gasteiger charge is -2.23. The van der Waals surface area contributed by atoms with Gasteiger partial charge in [-0.2, -0.15) is 8.42 Å². The van der Waals surface area contributed by atoms with Crippen LogP contribution >= 0.6 is 0 Å². The van der Waals surface area contributed by atoms with Gasteiger partial charge in [-0.3, -0.25) is 0 Å². The summed E-state index contributed by atoms with van der Waals surface area (Å²) < 4.78 is 30.3. The molecule has 0 spiro atoms. The van der Waals surface area contributed by atoms with Gasteiger partial charge < -0.3 is 4.18 Å². The molecule has 1 aliphatic rings. The molecule has 1 fully saturated rings. The summed E-state index contributed by atoms with van der Waals surface area (Å²) in [7, 11) is -3.77. The van der Waals surface area contributed by atoms with E-state index in [9.17, 15) is 8.42 Å². The summed E-state index contributed by atoms with van der Waals surface area (Å²) >= 11 is 0. The molecule has 2 aromatic rings. The number of rotatable bonds is 4. The van der Waals surface area contributed by atoms with Crippen molar-refractivity contribution in [2.75, 3.05) is 0 Å². The van der Waals surface area contributed by atoms with Crippen LogP contribution in [0.2, 0.25) is 0 Å². The van der Waals surface area contributed by atoms with Gasteiger partial charge in [0.2, 0.25) is 0 Å². The Morgan fingerprint density at radius 1 is 0.818 bits per heavy atom. The highest BCUT2D eigenvalue weighted by Gasteiger charge is 2.23. The molecule has 1 aliphatic carbocycles. The molecule has 0 aliphatic heterocycles. The summed E-state index contributed by atoms with van der Waals surface area (Å²) in [6.45, 7) is 0. The Balaban J connectivity index is 1.89. The average molecular weight is 316 g/mol. The fourth-order valence-corrected chi connectivity index (χ4v) is 4.04. The van der Waals surface area contributed by atoms with Gasteiger partial charge in [0.25, 0.3) is 0 Å². The highest BCUT2D eigenvalue weighted by molar-refractivity contribution is 7.87. The van der Waals surface area contributed by atoms with E-state index in [2.05, 4.69) is 0 Å². The van der Waals surface area contributed by atoms with Crippen molar-refractivity contribution in [3.8, 4) is 5.75 Å². The summed E-state index contributed by atoms with van der Waals surface area (Å²) in [5, 5.41) is 0. The van der Waals surface area contributed by atoms with E-state index in [1.54, 1.807) is 36.4 Å². The second-order valence-electron chi connectivity index (χ2n) is 5.72. The van der Waals surface area contributed by atoms with Crippen LogP contribution in [-0.2, 0) is 10.1 Å². The highest BCUT2D eigenvalue weighted by atomic mass is 32.2. The molecule has 116 valence electrons. The van der Waals surface area contributed by atoms with Crippen LogP contribution in [-0.4, -0.2) is 8.42 Å². The van der Waals surface area contributed by atoms with Gasteiger partial charge in [-0.1, -0.05) is 55.7 Å². The van der Waals surface area contributed by atoms with Crippen LogP contribution in [0.3, 0.4) is 0 Å². The zero-order chi connectivity index (χ0) is 15.4. The van der Waals surface area contributed by atoms with Crippen LogP contribution in [0.1, 0.15) is 43.6 Å². The molecule has 0 bridgehead atoms. The summed E-state index contributed by atoms with van der Waals surface area (Å²) in [6, 6.07) is 15.8. The molecule has 0 amide bonds. The van der Waals surface area contributed by atoms with E-state index >= 15 is 0 Å². The molecule has 0 unspecified atom stereocenters. The SMILES string of the molecule is O=S(=O)(Oc1ccccc1C1CCCCC1)c1ccccc1. The van der Waals surface area contributed by atoms with Crippen molar-refractivity contribution < 1.29 is 12.6 Å².